The van der Waals surface area contributed by atoms with Crippen molar-refractivity contribution in [3.8, 4) is 11.5 Å². The predicted molar refractivity (Wildman–Crippen MR) is 166 cm³/mol. The Kier molecular flexibility index (Phi) is 8.27. The minimum Gasteiger partial charge on any atom is -0.457 e. The normalized spacial score (nSPS) is 20.9. The van der Waals surface area contributed by atoms with E-state index < -0.39 is 11.3 Å². The number of anilines is 2. The van der Waals surface area contributed by atoms with Gasteiger partial charge in [0.15, 0.2) is 0 Å². The van der Waals surface area contributed by atoms with E-state index in [2.05, 4.69) is 15.6 Å². The summed E-state index contributed by atoms with van der Waals surface area (Å²) >= 11 is 1.37. The third-order valence-electron chi connectivity index (χ3n) is 8.05. The van der Waals surface area contributed by atoms with Crippen molar-refractivity contribution in [2.75, 3.05) is 38.6 Å². The summed E-state index contributed by atoms with van der Waals surface area (Å²) in [6.45, 7) is 3.85. The molecule has 4 amide bonds. The number of aryl methyl sites for hydroxylation is 1. The average Bonchev–Trinajstić information content (AvgIpc) is 3.37. The second-order valence-electron chi connectivity index (χ2n) is 11.5. The van der Waals surface area contributed by atoms with Crippen molar-refractivity contribution in [1.82, 2.24) is 25.4 Å². The smallest absolute Gasteiger partial charge is 0.327 e. The van der Waals surface area contributed by atoms with Crippen LogP contribution in [0.2, 0.25) is 0 Å². The first-order chi connectivity index (χ1) is 20.8. The van der Waals surface area contributed by atoms with Crippen molar-refractivity contribution in [2.24, 2.45) is 0 Å². The van der Waals surface area contributed by atoms with Gasteiger partial charge in [0.2, 0.25) is 11.8 Å². The minimum absolute atomic E-state index is 0.110. The Morgan fingerprint density at radius 3 is 2.70 bits per heavy atom. The van der Waals surface area contributed by atoms with Crippen LogP contribution in [0.25, 0.3) is 0 Å². The van der Waals surface area contributed by atoms with Crippen LogP contribution in [0.1, 0.15) is 36.4 Å². The molecule has 0 spiro atoms. The first-order valence-electron chi connectivity index (χ1n) is 14.6. The molecule has 2 aromatic carbocycles. The van der Waals surface area contributed by atoms with Gasteiger partial charge in [0.25, 0.3) is 0 Å². The van der Waals surface area contributed by atoms with Crippen LogP contribution < -0.4 is 20.3 Å². The first kappa shape index (κ1) is 29.0. The summed E-state index contributed by atoms with van der Waals surface area (Å²) in [7, 11) is 3.90. The van der Waals surface area contributed by atoms with Gasteiger partial charge in [0.1, 0.15) is 21.8 Å². The number of benzene rings is 2. The topological polar surface area (TPSA) is 107 Å². The lowest BCUT2D eigenvalue weighted by Gasteiger charge is -2.36. The van der Waals surface area contributed by atoms with Crippen LogP contribution in [0.4, 0.5) is 16.2 Å². The number of ether oxygens (including phenoxy) is 1. The number of amides is 4. The highest BCUT2D eigenvalue weighted by atomic mass is 32.2. The molecule has 0 saturated carbocycles. The number of hydrogen-bond donors (Lipinski definition) is 2. The number of carbonyl (C=O) groups excluding carboxylic acids is 3. The van der Waals surface area contributed by atoms with Gasteiger partial charge in [-0.1, -0.05) is 30.0 Å². The SMILES string of the molecule is Cc1cc(Oc2ccccc2)ccc1N1C(=O)NC2c3c1ccnc3S[C@H]2C(=O)NC1CCCN(C(=O)CCN(C)C)C1. The zero-order valence-electron chi connectivity index (χ0n) is 24.6. The zero-order valence-corrected chi connectivity index (χ0v) is 25.4. The molecule has 3 aliphatic rings. The number of carbonyl (C=O) groups is 3. The molecule has 0 bridgehead atoms. The van der Waals surface area contributed by atoms with Crippen LogP contribution in [-0.2, 0) is 9.59 Å². The molecular formula is C32H36N6O4S. The van der Waals surface area contributed by atoms with E-state index in [-0.39, 0.29) is 23.9 Å². The van der Waals surface area contributed by atoms with Crippen molar-refractivity contribution in [2.45, 2.75) is 48.5 Å². The summed E-state index contributed by atoms with van der Waals surface area (Å²) in [6.07, 6.45) is 3.80. The largest absolute Gasteiger partial charge is 0.457 e. The zero-order chi connectivity index (χ0) is 30.1. The van der Waals surface area contributed by atoms with E-state index in [0.717, 1.165) is 46.1 Å². The molecule has 10 nitrogen and oxygen atoms in total. The van der Waals surface area contributed by atoms with Crippen LogP contribution in [0.5, 0.6) is 11.5 Å². The molecule has 224 valence electrons. The molecule has 2 N–H and O–H groups in total. The molecule has 2 unspecified atom stereocenters. The highest BCUT2D eigenvalue weighted by Crippen LogP contribution is 2.51. The van der Waals surface area contributed by atoms with Gasteiger partial charge >= 0.3 is 6.03 Å². The minimum atomic E-state index is -0.558. The van der Waals surface area contributed by atoms with E-state index >= 15 is 0 Å². The average molecular weight is 601 g/mol. The second-order valence-corrected chi connectivity index (χ2v) is 12.6. The van der Waals surface area contributed by atoms with Crippen LogP contribution in [-0.4, -0.2) is 77.7 Å². The van der Waals surface area contributed by atoms with Gasteiger partial charge in [0.05, 0.1) is 17.4 Å². The fraction of sp³-hybridized carbons (Fsp3) is 0.375. The Morgan fingerprint density at radius 2 is 1.93 bits per heavy atom. The fourth-order valence-electron chi connectivity index (χ4n) is 5.91. The Labute approximate surface area is 255 Å². The quantitative estimate of drug-likeness (QED) is 0.389. The number of aromatic nitrogens is 1. The molecule has 11 heteroatoms. The third kappa shape index (κ3) is 6.05. The molecule has 3 atom stereocenters. The second kappa shape index (κ2) is 12.3. The highest BCUT2D eigenvalue weighted by molar-refractivity contribution is 8.01. The summed E-state index contributed by atoms with van der Waals surface area (Å²) in [5, 5.41) is 6.44. The monoisotopic (exact) mass is 600 g/mol. The lowest BCUT2D eigenvalue weighted by Crippen LogP contribution is -2.54. The molecule has 43 heavy (non-hydrogen) atoms. The summed E-state index contributed by atoms with van der Waals surface area (Å²) in [5.41, 5.74) is 3.16. The van der Waals surface area contributed by atoms with E-state index in [1.807, 2.05) is 85.4 Å². The van der Waals surface area contributed by atoms with Crippen molar-refractivity contribution in [1.29, 1.82) is 0 Å². The molecule has 1 fully saturated rings. The lowest BCUT2D eigenvalue weighted by atomic mass is 9.98. The van der Waals surface area contributed by atoms with Crippen LogP contribution in [0, 0.1) is 6.92 Å². The summed E-state index contributed by atoms with van der Waals surface area (Å²) in [4.78, 5) is 50.0. The van der Waals surface area contributed by atoms with Crippen LogP contribution in [0.15, 0.2) is 65.8 Å². The van der Waals surface area contributed by atoms with Crippen LogP contribution >= 0.6 is 11.8 Å². The molecule has 1 aromatic heterocycles. The number of piperidine rings is 1. The van der Waals surface area contributed by atoms with Crippen molar-refractivity contribution < 1.29 is 19.1 Å². The number of thioether (sulfide) groups is 1. The van der Waals surface area contributed by atoms with E-state index in [0.29, 0.717) is 31.8 Å². The van der Waals surface area contributed by atoms with Gasteiger partial charge in [-0.05, 0) is 75.8 Å². The lowest BCUT2D eigenvalue weighted by molar-refractivity contribution is -0.133. The highest BCUT2D eigenvalue weighted by Gasteiger charge is 2.47. The first-order valence-corrected chi connectivity index (χ1v) is 15.5. The number of pyridine rings is 1. The number of rotatable bonds is 8. The van der Waals surface area contributed by atoms with Crippen LogP contribution in [0.3, 0.4) is 0 Å². The maximum Gasteiger partial charge on any atom is 0.327 e. The van der Waals surface area contributed by atoms with Crippen molar-refractivity contribution >= 4 is 41.0 Å². The maximum absolute atomic E-state index is 13.6. The van der Waals surface area contributed by atoms with Gasteiger partial charge in [-0.25, -0.2) is 9.78 Å². The van der Waals surface area contributed by atoms with Crippen molar-refractivity contribution in [3.05, 3.63) is 71.9 Å². The summed E-state index contributed by atoms with van der Waals surface area (Å²) < 4.78 is 5.99. The van der Waals surface area contributed by atoms with Gasteiger partial charge in [-0.3, -0.25) is 14.5 Å². The van der Waals surface area contributed by atoms with Gasteiger partial charge in [-0.15, -0.1) is 0 Å². The molecule has 4 heterocycles. The van der Waals surface area contributed by atoms with Gasteiger partial charge in [-0.2, -0.15) is 0 Å². The summed E-state index contributed by atoms with van der Waals surface area (Å²) in [5.74, 6) is 1.37. The fourth-order valence-corrected chi connectivity index (χ4v) is 7.15. The number of nitrogens with one attached hydrogen (secondary N) is 2. The molecule has 0 radical (unpaired) electrons. The van der Waals surface area contributed by atoms with E-state index in [1.165, 1.54) is 11.8 Å². The van der Waals surface area contributed by atoms with Crippen molar-refractivity contribution in [3.63, 3.8) is 0 Å². The van der Waals surface area contributed by atoms with E-state index in [9.17, 15) is 14.4 Å². The predicted octanol–water partition coefficient (Wildman–Crippen LogP) is 4.62. The molecule has 6 rings (SSSR count). The Hall–Kier alpha value is -4.09. The molecular weight excluding hydrogens is 564 g/mol. The summed E-state index contributed by atoms with van der Waals surface area (Å²) in [6, 6.07) is 16.1. The van der Waals surface area contributed by atoms with E-state index in [1.54, 1.807) is 11.1 Å². The molecule has 1 saturated heterocycles. The Bertz CT molecular complexity index is 1530. The molecule has 0 aliphatic carbocycles. The van der Waals surface area contributed by atoms with Gasteiger partial charge in [0, 0.05) is 43.9 Å². The maximum atomic E-state index is 13.6. The Morgan fingerprint density at radius 1 is 1.12 bits per heavy atom. The Balaban J connectivity index is 1.17. The number of para-hydroxylation sites is 1. The number of hydrogen-bond acceptors (Lipinski definition) is 7. The third-order valence-corrected chi connectivity index (χ3v) is 9.33. The van der Waals surface area contributed by atoms with E-state index in [4.69, 9.17) is 4.74 Å². The number of likely N-dealkylation sites (tertiary alicyclic amines) is 1. The van der Waals surface area contributed by atoms with Gasteiger partial charge < -0.3 is 25.2 Å². The molecule has 3 aliphatic heterocycles. The number of urea groups is 1. The standard InChI is InChI=1S/C32H36N6O4S/c1-20-18-23(42-22-9-5-4-6-10-22)11-12-24(20)38-25-13-15-33-31-27(25)28(35-32(38)41)29(43-31)30(40)34-21-8-7-16-37(19-21)26(39)14-17-36(2)3/h4-6,9-13,15,18,21,28-29H,7-8,14,16-17,19H2,1-3H3,(H,34,40)(H,35,41)/t21?,28?,29-/m1/s1. The number of nitrogens with zero attached hydrogens (tertiary/aromatic N) is 4. The molecule has 3 aromatic rings.